The molecule has 0 aliphatic carbocycles. The summed E-state index contributed by atoms with van der Waals surface area (Å²) in [7, 11) is 0. The van der Waals surface area contributed by atoms with Gasteiger partial charge in [0.25, 0.3) is 0 Å². The van der Waals surface area contributed by atoms with Crippen LogP contribution in [0.15, 0.2) is 48.5 Å². The van der Waals surface area contributed by atoms with Crippen LogP contribution in [0.3, 0.4) is 0 Å². The molecule has 0 atom stereocenters. The van der Waals surface area contributed by atoms with Crippen molar-refractivity contribution in [1.82, 2.24) is 10.2 Å². The average Bonchev–Trinajstić information content (AvgIpc) is 2.64. The molecule has 27 heavy (non-hydrogen) atoms. The van der Waals surface area contributed by atoms with Crippen molar-refractivity contribution >= 4 is 23.2 Å². The Morgan fingerprint density at radius 1 is 0.889 bits per heavy atom. The van der Waals surface area contributed by atoms with Gasteiger partial charge < -0.3 is 10.6 Å². The molecule has 0 saturated heterocycles. The monoisotopic (exact) mass is 376 g/mol. The molecule has 9 heteroatoms. The summed E-state index contributed by atoms with van der Waals surface area (Å²) in [5, 5.41) is 12.4. The van der Waals surface area contributed by atoms with E-state index in [1.807, 2.05) is 0 Å². The Morgan fingerprint density at radius 2 is 1.63 bits per heavy atom. The maximum absolute atomic E-state index is 13.6. The number of benzene rings is 2. The van der Waals surface area contributed by atoms with Crippen LogP contribution >= 0.6 is 0 Å². The van der Waals surface area contributed by atoms with E-state index < -0.39 is 29.2 Å². The molecule has 0 bridgehead atoms. The second-order valence-electron chi connectivity index (χ2n) is 5.51. The van der Waals surface area contributed by atoms with Crippen LogP contribution in [-0.4, -0.2) is 16.1 Å². The van der Waals surface area contributed by atoms with E-state index >= 15 is 0 Å². The van der Waals surface area contributed by atoms with E-state index in [1.54, 1.807) is 6.07 Å². The number of nitrogens with one attached hydrogen (secondary N) is 2. The molecule has 0 aliphatic heterocycles. The van der Waals surface area contributed by atoms with E-state index in [0.29, 0.717) is 5.56 Å². The Morgan fingerprint density at radius 3 is 2.33 bits per heavy atom. The van der Waals surface area contributed by atoms with Crippen molar-refractivity contribution in [2.24, 2.45) is 0 Å². The Balaban J connectivity index is 1.63. The SMILES string of the molecule is O=C(Cc1cccc(F)c1)Nc1ccc(Nc2ccc(F)c(F)c2F)nn1. The van der Waals surface area contributed by atoms with Gasteiger partial charge in [-0.05, 0) is 42.0 Å². The number of aromatic nitrogens is 2. The fraction of sp³-hybridized carbons (Fsp3) is 0.0556. The third-order valence-electron chi connectivity index (χ3n) is 3.48. The summed E-state index contributed by atoms with van der Waals surface area (Å²) in [6.45, 7) is 0. The molecule has 5 nitrogen and oxygen atoms in total. The number of amides is 1. The van der Waals surface area contributed by atoms with Crippen molar-refractivity contribution in [3.63, 3.8) is 0 Å². The van der Waals surface area contributed by atoms with Crippen LogP contribution in [0.25, 0.3) is 0 Å². The quantitative estimate of drug-likeness (QED) is 0.523. The lowest BCUT2D eigenvalue weighted by molar-refractivity contribution is -0.115. The van der Waals surface area contributed by atoms with E-state index in [0.717, 1.165) is 12.1 Å². The lowest BCUT2D eigenvalue weighted by Crippen LogP contribution is -2.16. The topological polar surface area (TPSA) is 66.9 Å². The molecule has 0 fully saturated rings. The molecule has 3 aromatic rings. The molecule has 1 heterocycles. The number of carbonyl (C=O) groups is 1. The fourth-order valence-electron chi connectivity index (χ4n) is 2.25. The Bertz CT molecular complexity index is 980. The van der Waals surface area contributed by atoms with Crippen LogP contribution < -0.4 is 10.6 Å². The van der Waals surface area contributed by atoms with Gasteiger partial charge in [0, 0.05) is 0 Å². The molecule has 0 saturated carbocycles. The number of rotatable bonds is 5. The zero-order valence-corrected chi connectivity index (χ0v) is 13.6. The standard InChI is InChI=1S/C18H12F4N4O/c19-11-3-1-2-10(8-11)9-16(27)24-15-7-6-14(25-26-15)23-13-5-4-12(20)17(21)18(13)22/h1-8H,9H2,(H,23,25)(H,24,26,27). The summed E-state index contributed by atoms with van der Waals surface area (Å²) in [5.74, 6) is -4.99. The number of carbonyl (C=O) groups excluding carboxylic acids is 1. The van der Waals surface area contributed by atoms with Crippen molar-refractivity contribution in [2.45, 2.75) is 6.42 Å². The van der Waals surface area contributed by atoms with E-state index in [9.17, 15) is 22.4 Å². The van der Waals surface area contributed by atoms with Crippen molar-refractivity contribution < 1.29 is 22.4 Å². The van der Waals surface area contributed by atoms with Crippen LogP contribution in [0.4, 0.5) is 34.9 Å². The van der Waals surface area contributed by atoms with Gasteiger partial charge in [-0.1, -0.05) is 12.1 Å². The summed E-state index contributed by atoms with van der Waals surface area (Å²) in [6.07, 6.45) is -0.0560. The van der Waals surface area contributed by atoms with E-state index in [2.05, 4.69) is 20.8 Å². The normalized spacial score (nSPS) is 10.5. The molecule has 138 valence electrons. The van der Waals surface area contributed by atoms with Gasteiger partial charge in [-0.25, -0.2) is 17.6 Å². The molecule has 1 aromatic heterocycles. The summed E-state index contributed by atoms with van der Waals surface area (Å²) in [5.41, 5.74) is 0.179. The Hall–Kier alpha value is -3.49. The average molecular weight is 376 g/mol. The van der Waals surface area contributed by atoms with Crippen molar-refractivity contribution in [3.05, 3.63) is 77.4 Å². The van der Waals surface area contributed by atoms with Gasteiger partial charge in [0.05, 0.1) is 12.1 Å². The molecule has 0 radical (unpaired) electrons. The van der Waals surface area contributed by atoms with Crippen molar-refractivity contribution in [1.29, 1.82) is 0 Å². The molecule has 0 aliphatic rings. The van der Waals surface area contributed by atoms with Gasteiger partial charge in [0.1, 0.15) is 5.82 Å². The summed E-state index contributed by atoms with van der Waals surface area (Å²) >= 11 is 0. The smallest absolute Gasteiger partial charge is 0.229 e. The molecule has 2 aromatic carbocycles. The molecule has 0 unspecified atom stereocenters. The molecule has 1 amide bonds. The second-order valence-corrected chi connectivity index (χ2v) is 5.51. The van der Waals surface area contributed by atoms with Gasteiger partial charge in [-0.15, -0.1) is 10.2 Å². The third-order valence-corrected chi connectivity index (χ3v) is 3.48. The van der Waals surface area contributed by atoms with Gasteiger partial charge in [0.15, 0.2) is 29.1 Å². The highest BCUT2D eigenvalue weighted by Crippen LogP contribution is 2.22. The highest BCUT2D eigenvalue weighted by Gasteiger charge is 2.14. The summed E-state index contributed by atoms with van der Waals surface area (Å²) < 4.78 is 52.9. The molecule has 2 N–H and O–H groups in total. The lowest BCUT2D eigenvalue weighted by Gasteiger charge is -2.08. The van der Waals surface area contributed by atoms with E-state index in [1.165, 1.54) is 30.3 Å². The number of hydrogen-bond donors (Lipinski definition) is 2. The fourth-order valence-corrected chi connectivity index (χ4v) is 2.25. The zero-order valence-electron chi connectivity index (χ0n) is 13.6. The Labute approximate surface area is 151 Å². The predicted octanol–water partition coefficient (Wildman–Crippen LogP) is 3.96. The number of halogens is 4. The molecule has 3 rings (SSSR count). The van der Waals surface area contributed by atoms with Crippen LogP contribution in [0.2, 0.25) is 0 Å². The first-order valence-corrected chi connectivity index (χ1v) is 7.71. The highest BCUT2D eigenvalue weighted by atomic mass is 19.2. The van der Waals surface area contributed by atoms with E-state index in [-0.39, 0.29) is 23.7 Å². The van der Waals surface area contributed by atoms with Gasteiger partial charge in [-0.2, -0.15) is 0 Å². The molecule has 0 spiro atoms. The highest BCUT2D eigenvalue weighted by molar-refractivity contribution is 5.91. The minimum Gasteiger partial charge on any atom is -0.336 e. The van der Waals surface area contributed by atoms with E-state index in [4.69, 9.17) is 0 Å². The first kappa shape index (κ1) is 18.3. The number of hydrogen-bond acceptors (Lipinski definition) is 4. The predicted molar refractivity (Wildman–Crippen MR) is 90.4 cm³/mol. The van der Waals surface area contributed by atoms with Crippen LogP contribution in [0, 0.1) is 23.3 Å². The van der Waals surface area contributed by atoms with Gasteiger partial charge in [-0.3, -0.25) is 4.79 Å². The second kappa shape index (κ2) is 7.81. The molecular weight excluding hydrogens is 364 g/mol. The van der Waals surface area contributed by atoms with Crippen LogP contribution in [-0.2, 0) is 11.2 Å². The zero-order chi connectivity index (χ0) is 19.4. The minimum absolute atomic E-state index is 0.0560. The van der Waals surface area contributed by atoms with Crippen LogP contribution in [0.1, 0.15) is 5.56 Å². The Kier molecular flexibility index (Phi) is 5.30. The van der Waals surface area contributed by atoms with Crippen LogP contribution in [0.5, 0.6) is 0 Å². The minimum atomic E-state index is -1.60. The maximum Gasteiger partial charge on any atom is 0.229 e. The van der Waals surface area contributed by atoms with Gasteiger partial charge in [0.2, 0.25) is 5.91 Å². The maximum atomic E-state index is 13.6. The summed E-state index contributed by atoms with van der Waals surface area (Å²) in [4.78, 5) is 11.9. The first-order chi connectivity index (χ1) is 12.9. The van der Waals surface area contributed by atoms with Crippen molar-refractivity contribution in [3.8, 4) is 0 Å². The molecular formula is C18H12F4N4O. The number of anilines is 3. The summed E-state index contributed by atoms with van der Waals surface area (Å²) in [6, 6.07) is 10.2. The number of nitrogens with zero attached hydrogens (tertiary/aromatic N) is 2. The lowest BCUT2D eigenvalue weighted by atomic mass is 10.1. The first-order valence-electron chi connectivity index (χ1n) is 7.71. The largest absolute Gasteiger partial charge is 0.336 e. The third kappa shape index (κ3) is 4.57. The van der Waals surface area contributed by atoms with Gasteiger partial charge >= 0.3 is 0 Å². The van der Waals surface area contributed by atoms with Crippen molar-refractivity contribution in [2.75, 3.05) is 10.6 Å².